The number of hydrogen-bond acceptors (Lipinski definition) is 6. The average molecular weight is 659 g/mol. The Morgan fingerprint density at radius 1 is 1.06 bits per heavy atom. The van der Waals surface area contributed by atoms with Gasteiger partial charge in [0.05, 0.1) is 6.10 Å². The second-order valence-electron chi connectivity index (χ2n) is 12.8. The van der Waals surface area contributed by atoms with Crippen molar-refractivity contribution in [1.29, 1.82) is 0 Å². The molecule has 0 saturated heterocycles. The number of aromatic nitrogens is 1. The molecule has 3 heterocycles. The number of benzene rings is 3. The summed E-state index contributed by atoms with van der Waals surface area (Å²) >= 11 is 0. The van der Waals surface area contributed by atoms with Crippen molar-refractivity contribution in [2.75, 3.05) is 6.54 Å². The van der Waals surface area contributed by atoms with E-state index in [2.05, 4.69) is 27.9 Å². The highest BCUT2D eigenvalue weighted by Gasteiger charge is 2.36. The number of aliphatic carboxylic acids is 1. The normalized spacial score (nSPS) is 22.0. The van der Waals surface area contributed by atoms with Crippen molar-refractivity contribution in [2.45, 2.75) is 76.0 Å². The van der Waals surface area contributed by atoms with Gasteiger partial charge in [-0.3, -0.25) is 9.59 Å². The molecule has 252 valence electrons. The van der Waals surface area contributed by atoms with Crippen molar-refractivity contribution < 1.29 is 33.3 Å². The van der Waals surface area contributed by atoms with Gasteiger partial charge in [-0.15, -0.1) is 0 Å². The molecule has 1 aromatic heterocycles. The second kappa shape index (κ2) is 14.1. The van der Waals surface area contributed by atoms with Gasteiger partial charge in [-0.2, -0.15) is 0 Å². The first kappa shape index (κ1) is 33.0. The summed E-state index contributed by atoms with van der Waals surface area (Å²) in [5.41, 5.74) is 3.41. The number of aryl methyl sites for hydroxylation is 1. The number of ether oxygens (including phenoxy) is 1. The minimum Gasteiger partial charge on any atom is -0.481 e. The maximum Gasteiger partial charge on any atom is 0.303 e. The molecule has 4 bridgehead atoms. The number of allylic oxidation sites excluding steroid dienone is 1. The van der Waals surface area contributed by atoms with Gasteiger partial charge in [0.1, 0.15) is 17.7 Å². The molecule has 3 atom stereocenters. The molecule has 2 aliphatic rings. The molecule has 0 spiro atoms. The van der Waals surface area contributed by atoms with Crippen LogP contribution >= 0.6 is 0 Å². The molecular formula is C37H40F2N4O5. The van der Waals surface area contributed by atoms with Crippen LogP contribution in [0.3, 0.4) is 0 Å². The minimum atomic E-state index is -1.01. The molecule has 6 rings (SSSR count). The molecular weight excluding hydrogens is 618 g/mol. The van der Waals surface area contributed by atoms with E-state index in [1.807, 2.05) is 30.5 Å². The Morgan fingerprint density at radius 2 is 1.92 bits per heavy atom. The van der Waals surface area contributed by atoms with Gasteiger partial charge in [-0.25, -0.2) is 8.78 Å². The fourth-order valence-corrected chi connectivity index (χ4v) is 6.68. The van der Waals surface area contributed by atoms with Crippen LogP contribution in [0.4, 0.5) is 8.78 Å². The first-order valence-electron chi connectivity index (χ1n) is 16.4. The Hall–Kier alpha value is -4.90. The minimum absolute atomic E-state index is 0.00906. The lowest BCUT2D eigenvalue weighted by Gasteiger charge is -2.33. The van der Waals surface area contributed by atoms with E-state index < -0.39 is 35.3 Å². The third kappa shape index (κ3) is 7.16. The number of carboxylic acids is 1. The number of fused-ring (bicyclic) bond motifs is 8. The number of amides is 1. The molecule has 0 fully saturated rings. The van der Waals surface area contributed by atoms with E-state index in [1.165, 1.54) is 24.3 Å². The van der Waals surface area contributed by atoms with E-state index in [1.54, 1.807) is 12.3 Å². The lowest BCUT2D eigenvalue weighted by atomic mass is 9.75. The lowest BCUT2D eigenvalue weighted by Crippen LogP contribution is -2.34. The average Bonchev–Trinajstić information content (AvgIpc) is 3.75. The number of β-amino-alcohol motifs (C(OH)–C–C–N with tert-alkyl or cyclic N) is 1. The summed E-state index contributed by atoms with van der Waals surface area (Å²) in [6.45, 7) is 2.09. The standard InChI is InChI=1S/C37H40F2N4O5/c1-37(23-7-5-6-22(16-23)9-12-34(46)47)14-4-2-3-8-33(45)41-20-24(44)17-27-26-13-15-40-31(26)19-30(39)35(27)48-25-10-11-29(38)28(18-25)36-42-21-32(37)43-36/h5-7,10-11,13,15-16,18-19,21,24,36,40,42-44H,2-4,8-9,12,14,17,20H2,1H3,(H,41,45)(H,46,47). The van der Waals surface area contributed by atoms with Crippen molar-refractivity contribution in [3.8, 4) is 11.5 Å². The van der Waals surface area contributed by atoms with Crippen LogP contribution in [0.1, 0.15) is 73.9 Å². The Balaban J connectivity index is 1.35. The van der Waals surface area contributed by atoms with E-state index in [9.17, 15) is 19.8 Å². The number of hydrogen-bond donors (Lipinski definition) is 6. The van der Waals surface area contributed by atoms with Crippen LogP contribution in [0.5, 0.6) is 11.5 Å². The number of aliphatic hydroxyl groups excluding tert-OH is 1. The molecule has 1 amide bonds. The smallest absolute Gasteiger partial charge is 0.303 e. The Bertz CT molecular complexity index is 1860. The molecule has 0 aliphatic carbocycles. The number of nitrogens with one attached hydrogen (secondary N) is 4. The summed E-state index contributed by atoms with van der Waals surface area (Å²) in [4.78, 5) is 26.9. The monoisotopic (exact) mass is 658 g/mol. The number of carbonyl (C=O) groups excluding carboxylic acids is 1. The van der Waals surface area contributed by atoms with Crippen LogP contribution in [0.15, 0.2) is 72.7 Å². The first-order chi connectivity index (χ1) is 23.1. The van der Waals surface area contributed by atoms with Crippen molar-refractivity contribution in [3.05, 3.63) is 107 Å². The number of carbonyl (C=O) groups is 2. The first-order valence-corrected chi connectivity index (χ1v) is 16.4. The number of aromatic amines is 1. The van der Waals surface area contributed by atoms with Crippen molar-refractivity contribution in [3.63, 3.8) is 0 Å². The van der Waals surface area contributed by atoms with Crippen molar-refractivity contribution >= 4 is 22.8 Å². The van der Waals surface area contributed by atoms with E-state index >= 15 is 8.78 Å². The summed E-state index contributed by atoms with van der Waals surface area (Å²) in [6.07, 6.45) is 5.52. The van der Waals surface area contributed by atoms with Crippen molar-refractivity contribution in [1.82, 2.24) is 20.9 Å². The summed E-state index contributed by atoms with van der Waals surface area (Å²) < 4.78 is 37.1. The summed E-state index contributed by atoms with van der Waals surface area (Å²) in [6, 6.07) is 15.2. The number of H-pyrrole nitrogens is 1. The zero-order valence-corrected chi connectivity index (χ0v) is 26.7. The highest BCUT2D eigenvalue weighted by atomic mass is 19.1. The van der Waals surface area contributed by atoms with E-state index in [4.69, 9.17) is 4.74 Å². The third-order valence-electron chi connectivity index (χ3n) is 9.40. The second-order valence-corrected chi connectivity index (χ2v) is 12.8. The van der Waals surface area contributed by atoms with Crippen LogP contribution in [0.2, 0.25) is 0 Å². The zero-order chi connectivity index (χ0) is 33.8. The van der Waals surface area contributed by atoms with Gasteiger partial charge in [-0.1, -0.05) is 37.1 Å². The van der Waals surface area contributed by atoms with Gasteiger partial charge >= 0.3 is 5.97 Å². The zero-order valence-electron chi connectivity index (χ0n) is 26.7. The fourth-order valence-electron chi connectivity index (χ4n) is 6.68. The molecule has 3 unspecified atom stereocenters. The lowest BCUT2D eigenvalue weighted by molar-refractivity contribution is -0.137. The van der Waals surface area contributed by atoms with Crippen LogP contribution in [-0.2, 0) is 27.8 Å². The molecule has 48 heavy (non-hydrogen) atoms. The van der Waals surface area contributed by atoms with E-state index in [0.29, 0.717) is 42.1 Å². The number of carboxylic acid groups (broad SMARTS) is 1. The SMILES string of the molecule is CC1(c2cccc(CCC(=O)O)c2)CCCCCC(=O)NCC(O)Cc2c(c(F)cc3[nH]ccc23)Oc2ccc(F)c(c2)C2NC=C1N2. The Kier molecular flexibility index (Phi) is 9.68. The summed E-state index contributed by atoms with van der Waals surface area (Å²) in [7, 11) is 0. The molecule has 4 aromatic rings. The number of halogens is 2. The Morgan fingerprint density at radius 3 is 2.75 bits per heavy atom. The predicted molar refractivity (Wildman–Crippen MR) is 177 cm³/mol. The molecule has 6 N–H and O–H groups in total. The number of rotatable bonds is 4. The topological polar surface area (TPSA) is 136 Å². The molecule has 0 radical (unpaired) electrons. The van der Waals surface area contributed by atoms with Gasteiger partial charge in [0.25, 0.3) is 0 Å². The van der Waals surface area contributed by atoms with E-state index in [-0.39, 0.29) is 42.4 Å². The van der Waals surface area contributed by atoms with Gasteiger partial charge in [-0.05, 0) is 61.6 Å². The highest BCUT2D eigenvalue weighted by molar-refractivity contribution is 5.86. The van der Waals surface area contributed by atoms with Crippen LogP contribution in [-0.4, -0.2) is 39.7 Å². The highest BCUT2D eigenvalue weighted by Crippen LogP contribution is 2.41. The maximum absolute atomic E-state index is 15.6. The number of aliphatic hydroxyl groups is 1. The molecule has 3 aromatic carbocycles. The summed E-state index contributed by atoms with van der Waals surface area (Å²) in [5, 5.41) is 30.3. The van der Waals surface area contributed by atoms with E-state index in [0.717, 1.165) is 29.7 Å². The van der Waals surface area contributed by atoms with Gasteiger partial charge < -0.3 is 35.9 Å². The maximum atomic E-state index is 15.6. The fraction of sp³-hybridized carbons (Fsp3) is 0.351. The molecule has 2 aliphatic heterocycles. The summed E-state index contributed by atoms with van der Waals surface area (Å²) in [5.74, 6) is -2.03. The van der Waals surface area contributed by atoms with Crippen LogP contribution in [0.25, 0.3) is 10.9 Å². The van der Waals surface area contributed by atoms with Gasteiger partial charge in [0.2, 0.25) is 5.91 Å². The largest absolute Gasteiger partial charge is 0.481 e. The predicted octanol–water partition coefficient (Wildman–Crippen LogP) is 6.23. The van der Waals surface area contributed by atoms with Crippen molar-refractivity contribution in [2.24, 2.45) is 0 Å². The Labute approximate surface area is 277 Å². The molecule has 9 nitrogen and oxygen atoms in total. The third-order valence-corrected chi connectivity index (χ3v) is 9.40. The molecule has 11 heteroatoms. The van der Waals surface area contributed by atoms with Crippen LogP contribution < -0.4 is 20.7 Å². The van der Waals surface area contributed by atoms with Gasteiger partial charge in [0.15, 0.2) is 11.6 Å². The molecule has 0 saturated carbocycles. The quantitative estimate of drug-likeness (QED) is 0.153. The van der Waals surface area contributed by atoms with Gasteiger partial charge in [0, 0.05) is 77.4 Å². The van der Waals surface area contributed by atoms with Crippen LogP contribution in [0, 0.1) is 11.6 Å².